The molecule has 0 aliphatic carbocycles. The zero-order valence-corrected chi connectivity index (χ0v) is 19.9. The van der Waals surface area contributed by atoms with E-state index < -0.39 is 39.8 Å². The Balaban J connectivity index is 1.71. The second-order valence-corrected chi connectivity index (χ2v) is 10.7. The van der Waals surface area contributed by atoms with Crippen LogP contribution in [0.25, 0.3) is 6.08 Å². The van der Waals surface area contributed by atoms with Crippen LogP contribution >= 0.6 is 11.6 Å². The third-order valence-electron chi connectivity index (χ3n) is 6.46. The molecule has 1 aromatic heterocycles. The summed E-state index contributed by atoms with van der Waals surface area (Å²) in [6.45, 7) is 1.78. The summed E-state index contributed by atoms with van der Waals surface area (Å²) in [7, 11) is -3.85. The van der Waals surface area contributed by atoms with Gasteiger partial charge in [-0.1, -0.05) is 42.0 Å². The molecular weight excluding hydrogens is 466 g/mol. The van der Waals surface area contributed by atoms with E-state index in [0.29, 0.717) is 21.8 Å². The van der Waals surface area contributed by atoms with Gasteiger partial charge in [-0.2, -0.15) is 4.31 Å². The number of benzene rings is 1. The Morgan fingerprint density at radius 3 is 2.64 bits per heavy atom. The van der Waals surface area contributed by atoms with E-state index in [2.05, 4.69) is 5.32 Å². The van der Waals surface area contributed by atoms with Gasteiger partial charge in [-0.15, -0.1) is 0 Å². The number of hydrogen-bond donors (Lipinski definition) is 2. The van der Waals surface area contributed by atoms with Crippen LogP contribution in [0.3, 0.4) is 0 Å². The summed E-state index contributed by atoms with van der Waals surface area (Å²) >= 11 is 6.17. The summed E-state index contributed by atoms with van der Waals surface area (Å²) in [5, 5.41) is 13.5. The molecule has 2 aromatic rings. The number of allylic oxidation sites excluding steroid dienone is 1. The Morgan fingerprint density at radius 2 is 2.00 bits per heavy atom. The number of nitrogens with zero attached hydrogens (tertiary/aromatic N) is 2. The van der Waals surface area contributed by atoms with Crippen molar-refractivity contribution in [2.24, 2.45) is 11.8 Å². The molecule has 4 atom stereocenters. The molecule has 176 valence electrons. The SMILES string of the molecule is CC=Cc1ccc2n(c1=O)C[C@@H]1[C@@H](CO)[C@H](C(=O)NCc3ccccc3Cl)N(S(C)(=O)=O)[C@H]21. The number of aromatic nitrogens is 1. The second-order valence-electron chi connectivity index (χ2n) is 8.43. The lowest BCUT2D eigenvalue weighted by atomic mass is 9.88. The van der Waals surface area contributed by atoms with Crippen molar-refractivity contribution in [2.45, 2.75) is 32.1 Å². The lowest BCUT2D eigenvalue weighted by molar-refractivity contribution is -0.126. The average molecular weight is 492 g/mol. The zero-order chi connectivity index (χ0) is 23.9. The smallest absolute Gasteiger partial charge is 0.258 e. The van der Waals surface area contributed by atoms with Crippen LogP contribution in [0.2, 0.25) is 5.02 Å². The van der Waals surface area contributed by atoms with E-state index in [1.165, 1.54) is 0 Å². The first-order chi connectivity index (χ1) is 15.7. The largest absolute Gasteiger partial charge is 0.396 e. The van der Waals surface area contributed by atoms with Crippen molar-refractivity contribution in [3.63, 3.8) is 0 Å². The second kappa shape index (κ2) is 9.06. The Hall–Kier alpha value is -2.46. The number of halogens is 1. The number of rotatable bonds is 6. The Bertz CT molecular complexity index is 1270. The van der Waals surface area contributed by atoms with E-state index >= 15 is 0 Å². The van der Waals surface area contributed by atoms with Crippen molar-refractivity contribution in [1.82, 2.24) is 14.2 Å². The van der Waals surface area contributed by atoms with Crippen LogP contribution in [0.1, 0.15) is 29.8 Å². The fraction of sp³-hybridized carbons (Fsp3) is 0.391. The van der Waals surface area contributed by atoms with Crippen molar-refractivity contribution in [3.05, 3.63) is 74.7 Å². The van der Waals surface area contributed by atoms with Gasteiger partial charge in [-0.3, -0.25) is 9.59 Å². The number of fused-ring (bicyclic) bond motifs is 3. The number of aliphatic hydroxyl groups excluding tert-OH is 1. The van der Waals surface area contributed by atoms with Crippen LogP contribution in [0.5, 0.6) is 0 Å². The molecule has 2 aliphatic heterocycles. The summed E-state index contributed by atoms with van der Waals surface area (Å²) < 4.78 is 28.5. The molecule has 0 spiro atoms. The standard InChI is InChI=1S/C23H26ClN3O5S/c1-3-6-14-9-10-19-20-16(12-26(19)23(14)30)17(13-28)21(27(20)33(2,31)32)22(29)25-11-15-7-4-5-8-18(15)24/h3-10,16-17,20-21,28H,11-13H2,1-2H3,(H,25,29)/t16-,17-,20+,21-/m1/s1. The molecule has 33 heavy (non-hydrogen) atoms. The van der Waals surface area contributed by atoms with Crippen molar-refractivity contribution >= 4 is 33.6 Å². The highest BCUT2D eigenvalue weighted by Gasteiger charge is 2.58. The maximum Gasteiger partial charge on any atom is 0.258 e. The number of aliphatic hydroxyl groups is 1. The maximum absolute atomic E-state index is 13.3. The minimum absolute atomic E-state index is 0.128. The van der Waals surface area contributed by atoms with Gasteiger partial charge in [0.15, 0.2) is 0 Å². The fourth-order valence-electron chi connectivity index (χ4n) is 5.06. The molecule has 3 heterocycles. The molecule has 1 fully saturated rings. The van der Waals surface area contributed by atoms with Crippen LogP contribution in [-0.2, 0) is 27.9 Å². The normalized spacial score (nSPS) is 24.7. The van der Waals surface area contributed by atoms with Gasteiger partial charge in [0.2, 0.25) is 15.9 Å². The van der Waals surface area contributed by atoms with Crippen molar-refractivity contribution in [3.8, 4) is 0 Å². The van der Waals surface area contributed by atoms with Gasteiger partial charge in [-0.05, 0) is 30.7 Å². The highest BCUT2D eigenvalue weighted by molar-refractivity contribution is 7.88. The van der Waals surface area contributed by atoms with E-state index in [9.17, 15) is 23.1 Å². The Morgan fingerprint density at radius 1 is 1.27 bits per heavy atom. The van der Waals surface area contributed by atoms with E-state index in [0.717, 1.165) is 10.6 Å². The molecule has 8 nitrogen and oxygen atoms in total. The molecule has 2 N–H and O–H groups in total. The third-order valence-corrected chi connectivity index (χ3v) is 8.05. The summed E-state index contributed by atoms with van der Waals surface area (Å²) in [6, 6.07) is 8.65. The Kier molecular flexibility index (Phi) is 6.50. The van der Waals surface area contributed by atoms with Gasteiger partial charge in [0.05, 0.1) is 12.3 Å². The van der Waals surface area contributed by atoms with Crippen LogP contribution < -0.4 is 10.9 Å². The number of amides is 1. The molecule has 10 heteroatoms. The molecule has 1 aromatic carbocycles. The number of carbonyl (C=O) groups is 1. The van der Waals surface area contributed by atoms with Gasteiger partial charge in [-0.25, -0.2) is 8.42 Å². The minimum atomic E-state index is -3.85. The molecule has 0 saturated carbocycles. The molecular formula is C23H26ClN3O5S. The number of carbonyl (C=O) groups excluding carboxylic acids is 1. The molecule has 0 bridgehead atoms. The monoisotopic (exact) mass is 491 g/mol. The van der Waals surface area contributed by atoms with E-state index in [-0.39, 0.29) is 25.3 Å². The average Bonchev–Trinajstić information content (AvgIpc) is 3.29. The van der Waals surface area contributed by atoms with E-state index in [1.807, 2.05) is 6.92 Å². The lowest BCUT2D eigenvalue weighted by Crippen LogP contribution is -2.50. The van der Waals surface area contributed by atoms with Gasteiger partial charge in [0.1, 0.15) is 6.04 Å². The molecule has 4 rings (SSSR count). The minimum Gasteiger partial charge on any atom is -0.396 e. The third kappa shape index (κ3) is 4.14. The predicted octanol–water partition coefficient (Wildman–Crippen LogP) is 1.77. The van der Waals surface area contributed by atoms with Crippen molar-refractivity contribution in [1.29, 1.82) is 0 Å². The zero-order valence-electron chi connectivity index (χ0n) is 18.3. The van der Waals surface area contributed by atoms with Gasteiger partial charge in [0.25, 0.3) is 5.56 Å². The van der Waals surface area contributed by atoms with Crippen LogP contribution in [-0.4, -0.2) is 47.2 Å². The number of nitrogens with one attached hydrogen (secondary N) is 1. The van der Waals surface area contributed by atoms with Crippen molar-refractivity contribution in [2.75, 3.05) is 12.9 Å². The highest BCUT2D eigenvalue weighted by atomic mass is 35.5. The molecule has 0 unspecified atom stereocenters. The topological polar surface area (TPSA) is 109 Å². The predicted molar refractivity (Wildman–Crippen MR) is 126 cm³/mol. The Labute approximate surface area is 197 Å². The van der Waals surface area contributed by atoms with Crippen LogP contribution in [0.15, 0.2) is 47.3 Å². The summed E-state index contributed by atoms with van der Waals surface area (Å²) in [6.07, 6.45) is 4.51. The summed E-state index contributed by atoms with van der Waals surface area (Å²) in [5.41, 5.74) is 1.51. The van der Waals surface area contributed by atoms with Crippen LogP contribution in [0.4, 0.5) is 0 Å². The van der Waals surface area contributed by atoms with Gasteiger partial charge >= 0.3 is 0 Å². The summed E-state index contributed by atoms with van der Waals surface area (Å²) in [5.74, 6) is -1.58. The summed E-state index contributed by atoms with van der Waals surface area (Å²) in [4.78, 5) is 26.2. The molecule has 2 aliphatic rings. The first kappa shape index (κ1) is 23.7. The molecule has 1 amide bonds. The molecule has 1 saturated heterocycles. The first-order valence-electron chi connectivity index (χ1n) is 10.7. The van der Waals surface area contributed by atoms with E-state index in [1.54, 1.807) is 53.1 Å². The van der Waals surface area contributed by atoms with Gasteiger partial charge < -0.3 is 15.0 Å². The number of hydrogen-bond acceptors (Lipinski definition) is 5. The van der Waals surface area contributed by atoms with Crippen molar-refractivity contribution < 1.29 is 18.3 Å². The first-order valence-corrected chi connectivity index (χ1v) is 12.9. The van der Waals surface area contributed by atoms with E-state index in [4.69, 9.17) is 11.6 Å². The highest BCUT2D eigenvalue weighted by Crippen LogP contribution is 2.50. The lowest BCUT2D eigenvalue weighted by Gasteiger charge is -2.28. The van der Waals surface area contributed by atoms with Crippen LogP contribution in [0, 0.1) is 11.8 Å². The van der Waals surface area contributed by atoms with Gasteiger partial charge in [0, 0.05) is 47.8 Å². The fourth-order valence-corrected chi connectivity index (χ4v) is 6.61. The molecule has 0 radical (unpaired) electrons. The number of sulfonamides is 1. The number of pyridine rings is 1. The quantitative estimate of drug-likeness (QED) is 0.640. The maximum atomic E-state index is 13.3.